The van der Waals surface area contributed by atoms with Crippen LogP contribution in [0.15, 0.2) is 60.6 Å². The van der Waals surface area contributed by atoms with Crippen molar-refractivity contribution >= 4 is 23.5 Å². The van der Waals surface area contributed by atoms with Crippen LogP contribution in [-0.4, -0.2) is 22.4 Å². The third kappa shape index (κ3) is 3.36. The number of nitrogens with zero attached hydrogens (tertiary/aromatic N) is 2. The van der Waals surface area contributed by atoms with Crippen LogP contribution in [0.1, 0.15) is 32.6 Å². The molecule has 0 fully saturated rings. The molecular formula is C24H19ClN2O3. The molecule has 3 heterocycles. The van der Waals surface area contributed by atoms with E-state index in [1.165, 1.54) is 0 Å². The number of hydrogen-bond acceptors (Lipinski definition) is 5. The third-order valence-electron chi connectivity index (χ3n) is 5.34. The van der Waals surface area contributed by atoms with Gasteiger partial charge in [-0.25, -0.2) is 0 Å². The molecule has 30 heavy (non-hydrogen) atoms. The molecule has 2 aliphatic rings. The zero-order chi connectivity index (χ0) is 20.7. The number of allylic oxidation sites excluding steroid dienone is 1. The van der Waals surface area contributed by atoms with Gasteiger partial charge in [0, 0.05) is 30.5 Å². The lowest BCUT2D eigenvalue weighted by atomic mass is 9.98. The largest absolute Gasteiger partial charge is 0.478 e. The predicted molar refractivity (Wildman–Crippen MR) is 115 cm³/mol. The number of benzene rings is 2. The van der Waals surface area contributed by atoms with Crippen LogP contribution in [0.5, 0.6) is 11.5 Å². The van der Waals surface area contributed by atoms with Crippen LogP contribution in [0, 0.1) is 6.92 Å². The number of carbonyl (C=O) groups excluding carboxylic acids is 1. The lowest BCUT2D eigenvalue weighted by Gasteiger charge is -2.30. The van der Waals surface area contributed by atoms with E-state index >= 15 is 0 Å². The minimum Gasteiger partial charge on any atom is -0.478 e. The fourth-order valence-corrected chi connectivity index (χ4v) is 4.05. The van der Waals surface area contributed by atoms with E-state index in [1.807, 2.05) is 49.4 Å². The Kier molecular flexibility index (Phi) is 4.77. The van der Waals surface area contributed by atoms with Crippen LogP contribution in [0.2, 0.25) is 5.02 Å². The number of hydrogen-bond donors (Lipinski definition) is 0. The van der Waals surface area contributed by atoms with Gasteiger partial charge in [-0.05, 0) is 54.0 Å². The highest BCUT2D eigenvalue weighted by Crippen LogP contribution is 2.44. The van der Waals surface area contributed by atoms with Crippen molar-refractivity contribution in [3.05, 3.63) is 93.5 Å². The van der Waals surface area contributed by atoms with Crippen LogP contribution in [0.25, 0.3) is 6.08 Å². The molecule has 0 spiro atoms. The van der Waals surface area contributed by atoms with Crippen molar-refractivity contribution in [2.75, 3.05) is 6.73 Å². The lowest BCUT2D eigenvalue weighted by Crippen LogP contribution is -2.32. The molecule has 5 nitrogen and oxygen atoms in total. The number of pyridine rings is 1. The molecule has 0 bridgehead atoms. The molecule has 2 aromatic carbocycles. The molecular weight excluding hydrogens is 400 g/mol. The summed E-state index contributed by atoms with van der Waals surface area (Å²) in [5.74, 6) is 1.57. The van der Waals surface area contributed by atoms with Crippen LogP contribution in [-0.2, 0) is 13.1 Å². The number of ether oxygens (including phenoxy) is 2. The van der Waals surface area contributed by atoms with Crippen LogP contribution in [0.3, 0.4) is 0 Å². The minimum absolute atomic E-state index is 0.106. The molecule has 6 heteroatoms. The maximum absolute atomic E-state index is 13.0. The van der Waals surface area contributed by atoms with Crippen LogP contribution >= 0.6 is 11.6 Å². The van der Waals surface area contributed by atoms with E-state index in [9.17, 15) is 4.79 Å². The Bertz CT molecular complexity index is 1170. The van der Waals surface area contributed by atoms with Crippen LogP contribution < -0.4 is 9.47 Å². The fraction of sp³-hybridized carbons (Fsp3) is 0.167. The molecule has 0 saturated heterocycles. The monoisotopic (exact) mass is 418 g/mol. The first kappa shape index (κ1) is 18.9. The number of halogens is 1. The SMILES string of the molecule is Cc1cc2c(c3c1C(=O)/C(=C/c1ccncc1)O3)CN(Cc1ccccc1Cl)CO2. The van der Waals surface area contributed by atoms with Crippen molar-refractivity contribution in [2.24, 2.45) is 0 Å². The Morgan fingerprint density at radius 3 is 2.80 bits per heavy atom. The van der Waals surface area contributed by atoms with Gasteiger partial charge in [-0.3, -0.25) is 14.7 Å². The van der Waals surface area contributed by atoms with Gasteiger partial charge in [0.15, 0.2) is 5.76 Å². The van der Waals surface area contributed by atoms with E-state index in [-0.39, 0.29) is 5.78 Å². The number of ketones is 1. The highest BCUT2D eigenvalue weighted by atomic mass is 35.5. The lowest BCUT2D eigenvalue weighted by molar-refractivity contribution is 0.0872. The number of Topliss-reactive ketones (excluding diaryl/α,β-unsaturated/α-hetero) is 1. The number of aromatic nitrogens is 1. The predicted octanol–water partition coefficient (Wildman–Crippen LogP) is 5.01. The average molecular weight is 419 g/mol. The first-order valence-corrected chi connectivity index (χ1v) is 10.1. The normalized spacial score (nSPS) is 16.7. The van der Waals surface area contributed by atoms with Crippen molar-refractivity contribution < 1.29 is 14.3 Å². The van der Waals surface area contributed by atoms with Gasteiger partial charge < -0.3 is 9.47 Å². The molecule has 0 atom stereocenters. The summed E-state index contributed by atoms with van der Waals surface area (Å²) < 4.78 is 12.1. The zero-order valence-corrected chi connectivity index (χ0v) is 17.1. The van der Waals surface area contributed by atoms with Gasteiger partial charge in [-0.15, -0.1) is 0 Å². The summed E-state index contributed by atoms with van der Waals surface area (Å²) in [6, 6.07) is 13.4. The van der Waals surface area contributed by atoms with Crippen molar-refractivity contribution in [1.82, 2.24) is 9.88 Å². The first-order valence-electron chi connectivity index (χ1n) is 9.69. The number of rotatable bonds is 3. The molecule has 1 aromatic heterocycles. The first-order chi connectivity index (χ1) is 14.6. The van der Waals surface area contributed by atoms with Gasteiger partial charge in [-0.2, -0.15) is 0 Å². The van der Waals surface area contributed by atoms with Gasteiger partial charge in [0.1, 0.15) is 18.2 Å². The summed E-state index contributed by atoms with van der Waals surface area (Å²) in [6.45, 7) is 3.62. The quantitative estimate of drug-likeness (QED) is 0.559. The van der Waals surface area contributed by atoms with Gasteiger partial charge in [0.2, 0.25) is 5.78 Å². The van der Waals surface area contributed by atoms with Crippen molar-refractivity contribution in [1.29, 1.82) is 0 Å². The minimum atomic E-state index is -0.106. The van der Waals surface area contributed by atoms with Gasteiger partial charge in [0.25, 0.3) is 0 Å². The summed E-state index contributed by atoms with van der Waals surface area (Å²) in [6.07, 6.45) is 5.13. The van der Waals surface area contributed by atoms with E-state index in [1.54, 1.807) is 18.5 Å². The molecule has 2 aliphatic heterocycles. The van der Waals surface area contributed by atoms with Gasteiger partial charge in [-0.1, -0.05) is 29.8 Å². The van der Waals surface area contributed by atoms with Crippen molar-refractivity contribution in [3.8, 4) is 11.5 Å². The molecule has 0 saturated carbocycles. The highest BCUT2D eigenvalue weighted by molar-refractivity contribution is 6.31. The molecule has 0 radical (unpaired) electrons. The van der Waals surface area contributed by atoms with E-state index in [2.05, 4.69) is 9.88 Å². The number of carbonyl (C=O) groups is 1. The second-order valence-electron chi connectivity index (χ2n) is 7.45. The maximum Gasteiger partial charge on any atom is 0.232 e. The summed E-state index contributed by atoms with van der Waals surface area (Å²) in [5.41, 5.74) is 4.25. The molecule has 0 aliphatic carbocycles. The molecule has 0 N–H and O–H groups in total. The Morgan fingerprint density at radius 1 is 1.20 bits per heavy atom. The molecule has 150 valence electrons. The van der Waals surface area contributed by atoms with E-state index in [0.29, 0.717) is 36.9 Å². The fourth-order valence-electron chi connectivity index (χ4n) is 3.86. The molecule has 0 amide bonds. The van der Waals surface area contributed by atoms with Crippen molar-refractivity contribution in [3.63, 3.8) is 0 Å². The van der Waals surface area contributed by atoms with Gasteiger partial charge in [0.05, 0.1) is 11.1 Å². The summed E-state index contributed by atoms with van der Waals surface area (Å²) in [5, 5.41) is 0.728. The second kappa shape index (κ2) is 7.59. The molecule has 0 unspecified atom stereocenters. The van der Waals surface area contributed by atoms with E-state index in [0.717, 1.165) is 33.0 Å². The maximum atomic E-state index is 13.0. The average Bonchev–Trinajstić information content (AvgIpc) is 3.08. The topological polar surface area (TPSA) is 51.7 Å². The van der Waals surface area contributed by atoms with E-state index < -0.39 is 0 Å². The Morgan fingerprint density at radius 2 is 2.00 bits per heavy atom. The molecule has 3 aromatic rings. The Hall–Kier alpha value is -3.15. The standard InChI is InChI=1S/C24H19ClN2O3/c1-15-10-20-18(13-27(14-29-20)12-17-4-2-3-5-19(17)25)24-22(15)23(28)21(30-24)11-16-6-8-26-9-7-16/h2-11H,12-14H2,1H3/b21-11-. The number of fused-ring (bicyclic) bond motifs is 3. The summed E-state index contributed by atoms with van der Waals surface area (Å²) >= 11 is 6.32. The Labute approximate surface area is 179 Å². The third-order valence-corrected chi connectivity index (χ3v) is 5.71. The molecule has 5 rings (SSSR count). The second-order valence-corrected chi connectivity index (χ2v) is 7.85. The summed E-state index contributed by atoms with van der Waals surface area (Å²) in [7, 11) is 0. The van der Waals surface area contributed by atoms with E-state index in [4.69, 9.17) is 21.1 Å². The smallest absolute Gasteiger partial charge is 0.232 e. The number of aryl methyl sites for hydroxylation is 1. The Balaban J connectivity index is 1.48. The van der Waals surface area contributed by atoms with Gasteiger partial charge >= 0.3 is 0 Å². The zero-order valence-electron chi connectivity index (χ0n) is 16.4. The van der Waals surface area contributed by atoms with Crippen molar-refractivity contribution in [2.45, 2.75) is 20.0 Å². The van der Waals surface area contributed by atoms with Crippen LogP contribution in [0.4, 0.5) is 0 Å². The summed E-state index contributed by atoms with van der Waals surface area (Å²) in [4.78, 5) is 19.2. The highest BCUT2D eigenvalue weighted by Gasteiger charge is 2.35.